The molecule has 126 valence electrons. The van der Waals surface area contributed by atoms with Crippen molar-refractivity contribution in [3.63, 3.8) is 0 Å². The van der Waals surface area contributed by atoms with Gasteiger partial charge in [-0.15, -0.1) is 13.2 Å². The van der Waals surface area contributed by atoms with Gasteiger partial charge in [0.1, 0.15) is 0 Å². The van der Waals surface area contributed by atoms with Crippen molar-refractivity contribution in [1.29, 1.82) is 0 Å². The minimum absolute atomic E-state index is 0.0819. The number of nitrogens with zero attached hydrogens (tertiary/aromatic N) is 3. The number of fused-ring (bicyclic) bond motifs is 1. The molecule has 0 unspecified atom stereocenters. The van der Waals surface area contributed by atoms with E-state index in [0.717, 1.165) is 49.5 Å². The first kappa shape index (κ1) is 16.3. The van der Waals surface area contributed by atoms with Crippen LogP contribution < -0.4 is 10.2 Å². The van der Waals surface area contributed by atoms with Crippen LogP contribution in [0, 0.1) is 5.92 Å². The largest absolute Gasteiger partial charge is 0.352 e. The number of hydrogen-bond donors (Lipinski definition) is 1. The van der Waals surface area contributed by atoms with Crippen molar-refractivity contribution in [2.75, 3.05) is 24.5 Å². The fourth-order valence-electron chi connectivity index (χ4n) is 3.27. The fraction of sp³-hybridized carbons (Fsp3) is 0.368. The fourth-order valence-corrected chi connectivity index (χ4v) is 3.27. The highest BCUT2D eigenvalue weighted by Crippen LogP contribution is 2.27. The zero-order chi connectivity index (χ0) is 16.9. The Morgan fingerprint density at radius 2 is 2.00 bits per heavy atom. The number of hydrogen-bond acceptors (Lipinski definition) is 3. The van der Waals surface area contributed by atoms with Gasteiger partial charge in [-0.3, -0.25) is 4.79 Å². The summed E-state index contributed by atoms with van der Waals surface area (Å²) in [7, 11) is 0. The molecule has 5 nitrogen and oxygen atoms in total. The maximum Gasteiger partial charge on any atom is 0.223 e. The van der Waals surface area contributed by atoms with Crippen LogP contribution in [0.25, 0.3) is 11.0 Å². The lowest BCUT2D eigenvalue weighted by Gasteiger charge is -2.32. The SMILES string of the molecule is C=CCNC(=O)C1CCN(c2nc3ccccc3n2CC=C)CC1. The van der Waals surface area contributed by atoms with Gasteiger partial charge >= 0.3 is 0 Å². The zero-order valence-corrected chi connectivity index (χ0v) is 13.9. The van der Waals surface area contributed by atoms with Crippen molar-refractivity contribution >= 4 is 22.9 Å². The summed E-state index contributed by atoms with van der Waals surface area (Å²) in [5.74, 6) is 1.19. The molecule has 3 rings (SSSR count). The molecule has 1 amide bonds. The van der Waals surface area contributed by atoms with E-state index in [4.69, 9.17) is 4.98 Å². The van der Waals surface area contributed by atoms with E-state index in [9.17, 15) is 4.79 Å². The minimum Gasteiger partial charge on any atom is -0.352 e. The monoisotopic (exact) mass is 324 g/mol. The van der Waals surface area contributed by atoms with Gasteiger partial charge in [-0.25, -0.2) is 4.98 Å². The van der Waals surface area contributed by atoms with Gasteiger partial charge in [-0.1, -0.05) is 24.3 Å². The molecule has 1 aromatic heterocycles. The van der Waals surface area contributed by atoms with E-state index in [1.807, 2.05) is 24.3 Å². The second-order valence-electron chi connectivity index (χ2n) is 6.09. The summed E-state index contributed by atoms with van der Waals surface area (Å²) in [5.41, 5.74) is 2.12. The first-order chi connectivity index (χ1) is 11.7. The second kappa shape index (κ2) is 7.34. The Morgan fingerprint density at radius 1 is 1.25 bits per heavy atom. The molecule has 1 aromatic carbocycles. The summed E-state index contributed by atoms with van der Waals surface area (Å²) < 4.78 is 2.19. The molecule has 1 aliphatic heterocycles. The number of rotatable bonds is 6. The van der Waals surface area contributed by atoms with Crippen LogP contribution in [0.2, 0.25) is 0 Å². The molecular formula is C19H24N4O. The molecular weight excluding hydrogens is 300 g/mol. The average Bonchev–Trinajstić information content (AvgIpc) is 2.99. The molecule has 1 saturated heterocycles. The number of carbonyl (C=O) groups excluding carboxylic acids is 1. The summed E-state index contributed by atoms with van der Waals surface area (Å²) in [4.78, 5) is 19.2. The topological polar surface area (TPSA) is 50.2 Å². The number of piperidine rings is 1. The molecule has 1 N–H and O–H groups in total. The highest BCUT2D eigenvalue weighted by Gasteiger charge is 2.27. The normalized spacial score (nSPS) is 15.4. The molecule has 0 atom stereocenters. The standard InChI is InChI=1S/C19H24N4O/c1-3-11-20-18(24)15-9-13-22(14-10-15)19-21-16-7-5-6-8-17(16)23(19)12-4-2/h3-8,15H,1-2,9-14H2,(H,20,24). The van der Waals surface area contributed by atoms with Crippen molar-refractivity contribution in [2.45, 2.75) is 19.4 Å². The number of amides is 1. The van der Waals surface area contributed by atoms with E-state index in [-0.39, 0.29) is 11.8 Å². The maximum absolute atomic E-state index is 12.1. The van der Waals surface area contributed by atoms with E-state index in [0.29, 0.717) is 6.54 Å². The molecule has 5 heteroatoms. The number of imidazole rings is 1. The van der Waals surface area contributed by atoms with Crippen LogP contribution in [0.4, 0.5) is 5.95 Å². The van der Waals surface area contributed by atoms with Crippen molar-refractivity contribution in [2.24, 2.45) is 5.92 Å². The number of benzene rings is 1. The quantitative estimate of drug-likeness (QED) is 0.831. The van der Waals surface area contributed by atoms with Gasteiger partial charge in [0.05, 0.1) is 11.0 Å². The van der Waals surface area contributed by atoms with Crippen molar-refractivity contribution in [3.8, 4) is 0 Å². The van der Waals surface area contributed by atoms with Gasteiger partial charge in [0.25, 0.3) is 0 Å². The molecule has 0 spiro atoms. The van der Waals surface area contributed by atoms with Crippen LogP contribution in [-0.4, -0.2) is 35.1 Å². The van der Waals surface area contributed by atoms with E-state index in [2.05, 4.69) is 34.0 Å². The van der Waals surface area contributed by atoms with Crippen LogP contribution in [-0.2, 0) is 11.3 Å². The lowest BCUT2D eigenvalue weighted by atomic mass is 9.96. The van der Waals surface area contributed by atoms with Crippen molar-refractivity contribution < 1.29 is 4.79 Å². The van der Waals surface area contributed by atoms with Gasteiger partial charge in [0.2, 0.25) is 11.9 Å². The van der Waals surface area contributed by atoms with Crippen LogP contribution >= 0.6 is 0 Å². The Labute approximate surface area is 142 Å². The number of para-hydroxylation sites is 2. The Hall–Kier alpha value is -2.56. The number of carbonyl (C=O) groups is 1. The average molecular weight is 324 g/mol. The zero-order valence-electron chi connectivity index (χ0n) is 13.9. The molecule has 0 radical (unpaired) electrons. The summed E-state index contributed by atoms with van der Waals surface area (Å²) in [6.45, 7) is 10.4. The lowest BCUT2D eigenvalue weighted by molar-refractivity contribution is -0.125. The first-order valence-corrected chi connectivity index (χ1v) is 8.44. The number of anilines is 1. The molecule has 2 heterocycles. The predicted molar refractivity (Wildman–Crippen MR) is 98.1 cm³/mol. The lowest BCUT2D eigenvalue weighted by Crippen LogP contribution is -2.41. The third-order valence-electron chi connectivity index (χ3n) is 4.52. The van der Waals surface area contributed by atoms with E-state index in [1.165, 1.54) is 0 Å². The van der Waals surface area contributed by atoms with Crippen LogP contribution in [0.15, 0.2) is 49.6 Å². The van der Waals surface area contributed by atoms with Gasteiger partial charge < -0.3 is 14.8 Å². The van der Waals surface area contributed by atoms with Crippen molar-refractivity contribution in [1.82, 2.24) is 14.9 Å². The van der Waals surface area contributed by atoms with Gasteiger partial charge in [0.15, 0.2) is 0 Å². The minimum atomic E-state index is 0.0819. The van der Waals surface area contributed by atoms with Crippen LogP contribution in [0.1, 0.15) is 12.8 Å². The first-order valence-electron chi connectivity index (χ1n) is 8.44. The Balaban J connectivity index is 1.75. The second-order valence-corrected chi connectivity index (χ2v) is 6.09. The third kappa shape index (κ3) is 3.20. The Morgan fingerprint density at radius 3 is 2.71 bits per heavy atom. The van der Waals surface area contributed by atoms with E-state index >= 15 is 0 Å². The molecule has 24 heavy (non-hydrogen) atoms. The Bertz CT molecular complexity index is 741. The maximum atomic E-state index is 12.1. The summed E-state index contributed by atoms with van der Waals surface area (Å²) in [5, 5.41) is 2.90. The number of aromatic nitrogens is 2. The molecule has 1 fully saturated rings. The third-order valence-corrected chi connectivity index (χ3v) is 4.52. The number of allylic oxidation sites excluding steroid dienone is 1. The summed E-state index contributed by atoms with van der Waals surface area (Å²) in [6.07, 6.45) is 5.30. The Kier molecular flexibility index (Phi) is 4.99. The smallest absolute Gasteiger partial charge is 0.223 e. The summed E-state index contributed by atoms with van der Waals surface area (Å²) in [6, 6.07) is 8.16. The highest BCUT2D eigenvalue weighted by molar-refractivity contribution is 5.80. The van der Waals surface area contributed by atoms with E-state index in [1.54, 1.807) is 6.08 Å². The molecule has 0 saturated carbocycles. The predicted octanol–water partition coefficient (Wildman–Crippen LogP) is 2.74. The number of nitrogens with one attached hydrogen (secondary N) is 1. The van der Waals surface area contributed by atoms with Gasteiger partial charge in [0, 0.05) is 32.1 Å². The van der Waals surface area contributed by atoms with Crippen molar-refractivity contribution in [3.05, 3.63) is 49.6 Å². The van der Waals surface area contributed by atoms with Gasteiger partial charge in [-0.2, -0.15) is 0 Å². The molecule has 0 aliphatic carbocycles. The van der Waals surface area contributed by atoms with Crippen LogP contribution in [0.5, 0.6) is 0 Å². The molecule has 0 bridgehead atoms. The highest BCUT2D eigenvalue weighted by atomic mass is 16.1. The van der Waals surface area contributed by atoms with Gasteiger partial charge in [-0.05, 0) is 25.0 Å². The molecule has 1 aliphatic rings. The summed E-state index contributed by atoms with van der Waals surface area (Å²) >= 11 is 0. The molecule has 2 aromatic rings. The van der Waals surface area contributed by atoms with Crippen LogP contribution in [0.3, 0.4) is 0 Å². The van der Waals surface area contributed by atoms with E-state index < -0.39 is 0 Å².